The minimum atomic E-state index is -0.656. The molecule has 3 amide bonds. The molecule has 4 atom stereocenters. The van der Waals surface area contributed by atoms with Crippen LogP contribution in [0.5, 0.6) is 17.2 Å². The van der Waals surface area contributed by atoms with E-state index < -0.39 is 11.9 Å². The van der Waals surface area contributed by atoms with E-state index >= 15 is 4.39 Å². The normalized spacial score (nSPS) is 24.9. The number of rotatable bonds is 6. The second-order valence-electron chi connectivity index (χ2n) is 16.4. The Labute approximate surface area is 330 Å². The van der Waals surface area contributed by atoms with Gasteiger partial charge in [-0.2, -0.15) is 0 Å². The molecule has 3 saturated heterocycles. The maximum atomic E-state index is 16.1. The van der Waals surface area contributed by atoms with Gasteiger partial charge in [-0.05, 0) is 66.6 Å². The fourth-order valence-corrected chi connectivity index (χ4v) is 10.2. The minimum absolute atomic E-state index is 0.00484. The van der Waals surface area contributed by atoms with Crippen molar-refractivity contribution in [1.82, 2.24) is 15.1 Å². The molecule has 6 heterocycles. The monoisotopic (exact) mass is 771 g/mol. The number of aromatic hydroxyl groups is 1. The van der Waals surface area contributed by atoms with Gasteiger partial charge in [-0.3, -0.25) is 24.6 Å². The summed E-state index contributed by atoms with van der Waals surface area (Å²) in [6, 6.07) is 24.6. The van der Waals surface area contributed by atoms with Crippen LogP contribution in [0.15, 0.2) is 78.9 Å². The third kappa shape index (κ3) is 6.43. The van der Waals surface area contributed by atoms with Crippen molar-refractivity contribution in [2.24, 2.45) is 5.92 Å². The van der Waals surface area contributed by atoms with Crippen molar-refractivity contribution in [3.8, 4) is 17.2 Å². The van der Waals surface area contributed by atoms with Crippen LogP contribution < -0.4 is 24.6 Å². The van der Waals surface area contributed by atoms with Gasteiger partial charge >= 0.3 is 0 Å². The Morgan fingerprint density at radius 2 is 1.63 bits per heavy atom. The first kappa shape index (κ1) is 35.8. The van der Waals surface area contributed by atoms with Crippen LogP contribution in [0.25, 0.3) is 0 Å². The number of hydrogen-bond acceptors (Lipinski definition) is 9. The van der Waals surface area contributed by atoms with Gasteiger partial charge in [0.05, 0.1) is 30.6 Å². The highest BCUT2D eigenvalue weighted by atomic mass is 19.1. The predicted molar refractivity (Wildman–Crippen MR) is 212 cm³/mol. The molecular formula is C45H46FN5O6. The molecule has 6 aliphatic heterocycles. The van der Waals surface area contributed by atoms with Crippen LogP contribution >= 0.6 is 0 Å². The number of halogens is 1. The molecule has 0 aliphatic carbocycles. The van der Waals surface area contributed by atoms with Crippen molar-refractivity contribution in [2.45, 2.75) is 56.1 Å². The molecule has 0 saturated carbocycles. The van der Waals surface area contributed by atoms with Crippen LogP contribution in [0, 0.1) is 11.7 Å². The highest BCUT2D eigenvalue weighted by molar-refractivity contribution is 6.06. The van der Waals surface area contributed by atoms with Crippen molar-refractivity contribution >= 4 is 29.1 Å². The zero-order valence-corrected chi connectivity index (χ0v) is 31.7. The SMILES string of the molecule is O=C1CCC(N2Cc3c(ccc4c3OC[C@@H]3CN(CC5CCN(c6ccc([C@@H]7c8ccc(O)cc8OC[C@@H]7c7ccccc7)cc6F)CC5)CCN43)C2=O)C(=O)N1. The number of imide groups is 1. The number of fused-ring (bicyclic) bond motifs is 6. The number of anilines is 2. The Balaban J connectivity index is 0.771. The first-order valence-corrected chi connectivity index (χ1v) is 20.3. The Hall–Kier alpha value is -5.62. The summed E-state index contributed by atoms with van der Waals surface area (Å²) >= 11 is 0. The number of piperidine rings is 2. The number of carbonyl (C=O) groups excluding carboxylic acids is 3. The minimum Gasteiger partial charge on any atom is -0.508 e. The molecule has 0 radical (unpaired) electrons. The lowest BCUT2D eigenvalue weighted by Crippen LogP contribution is -2.58. The zero-order valence-electron chi connectivity index (χ0n) is 31.7. The van der Waals surface area contributed by atoms with Gasteiger partial charge < -0.3 is 29.3 Å². The lowest BCUT2D eigenvalue weighted by molar-refractivity contribution is -0.136. The maximum Gasteiger partial charge on any atom is 0.255 e. The number of hydrogen-bond donors (Lipinski definition) is 2. The summed E-state index contributed by atoms with van der Waals surface area (Å²) in [6.07, 6.45) is 2.53. The molecule has 3 fully saturated rings. The van der Waals surface area contributed by atoms with Gasteiger partial charge in [0, 0.05) is 80.3 Å². The third-order valence-electron chi connectivity index (χ3n) is 13.1. The number of piperazine rings is 1. The highest BCUT2D eigenvalue weighted by Crippen LogP contribution is 2.48. The van der Waals surface area contributed by atoms with Crippen LogP contribution in [0.3, 0.4) is 0 Å². The third-order valence-corrected chi connectivity index (χ3v) is 13.1. The van der Waals surface area contributed by atoms with E-state index in [1.807, 2.05) is 42.5 Å². The van der Waals surface area contributed by atoms with Crippen molar-refractivity contribution in [1.29, 1.82) is 0 Å². The van der Waals surface area contributed by atoms with E-state index in [2.05, 4.69) is 38.2 Å². The topological polar surface area (TPSA) is 115 Å². The van der Waals surface area contributed by atoms with Crippen molar-refractivity contribution in [2.75, 3.05) is 62.3 Å². The Morgan fingerprint density at radius 1 is 0.807 bits per heavy atom. The molecule has 294 valence electrons. The summed E-state index contributed by atoms with van der Waals surface area (Å²) in [4.78, 5) is 46.4. The van der Waals surface area contributed by atoms with Gasteiger partial charge in [0.25, 0.3) is 5.91 Å². The molecule has 0 bridgehead atoms. The van der Waals surface area contributed by atoms with Gasteiger partial charge in [-0.1, -0.05) is 42.5 Å². The van der Waals surface area contributed by atoms with Crippen LogP contribution in [-0.2, 0) is 16.1 Å². The number of phenolic OH excluding ortho intramolecular Hbond substituents is 1. The van der Waals surface area contributed by atoms with Crippen LogP contribution in [0.2, 0.25) is 0 Å². The molecule has 0 spiro atoms. The standard InChI is InChI=1S/C45H46FN5O6/c46-36-20-29(42-33-8-7-31(52)21-40(33)56-26-35(42)28-4-2-1-3-5-28)6-10-37(36)49-16-14-27(15-17-49)22-48-18-19-50-30(23-48)25-57-43-34-24-51(39-12-13-41(53)47-44(39)54)45(55)32(34)9-11-38(43)50/h1-11,20-21,27,30,35,39,42,52H,12-19,22-26H2,(H,47,53,54)/t30-,35+,39?,42+/m0/s1. The number of amides is 3. The molecule has 4 aromatic carbocycles. The molecule has 4 aromatic rings. The second-order valence-corrected chi connectivity index (χ2v) is 16.4. The van der Waals surface area contributed by atoms with E-state index in [0.717, 1.165) is 85.8 Å². The van der Waals surface area contributed by atoms with E-state index in [0.29, 0.717) is 49.1 Å². The summed E-state index contributed by atoms with van der Waals surface area (Å²) < 4.78 is 28.7. The lowest BCUT2D eigenvalue weighted by Gasteiger charge is -2.47. The summed E-state index contributed by atoms with van der Waals surface area (Å²) in [5.74, 6) is 0.820. The molecule has 57 heavy (non-hydrogen) atoms. The molecular weight excluding hydrogens is 726 g/mol. The van der Waals surface area contributed by atoms with Crippen LogP contribution in [0.1, 0.15) is 70.1 Å². The Bertz CT molecular complexity index is 2240. The highest BCUT2D eigenvalue weighted by Gasteiger charge is 2.43. The van der Waals surface area contributed by atoms with E-state index in [-0.39, 0.29) is 47.7 Å². The summed E-state index contributed by atoms with van der Waals surface area (Å²) in [6.45, 7) is 6.50. The largest absolute Gasteiger partial charge is 0.508 e. The van der Waals surface area contributed by atoms with Gasteiger partial charge in [-0.15, -0.1) is 0 Å². The van der Waals surface area contributed by atoms with Crippen molar-refractivity contribution in [3.05, 3.63) is 112 Å². The quantitative estimate of drug-likeness (QED) is 0.249. The average molecular weight is 772 g/mol. The fourth-order valence-electron chi connectivity index (χ4n) is 10.2. The van der Waals surface area contributed by atoms with Crippen molar-refractivity contribution < 1.29 is 33.4 Å². The predicted octanol–water partition coefficient (Wildman–Crippen LogP) is 5.40. The molecule has 1 unspecified atom stereocenters. The molecule has 2 N–H and O–H groups in total. The Morgan fingerprint density at radius 3 is 2.44 bits per heavy atom. The second kappa shape index (κ2) is 14.4. The number of nitrogens with zero attached hydrogens (tertiary/aromatic N) is 4. The lowest BCUT2D eigenvalue weighted by atomic mass is 9.76. The number of ether oxygens (including phenoxy) is 2. The summed E-state index contributed by atoms with van der Waals surface area (Å²) in [7, 11) is 0. The summed E-state index contributed by atoms with van der Waals surface area (Å²) in [5.41, 5.74) is 6.02. The van der Waals surface area contributed by atoms with Crippen LogP contribution in [-0.4, -0.2) is 97.2 Å². The number of benzene rings is 4. The first-order valence-electron chi connectivity index (χ1n) is 20.3. The summed E-state index contributed by atoms with van der Waals surface area (Å²) in [5, 5.41) is 12.5. The van der Waals surface area contributed by atoms with Crippen molar-refractivity contribution in [3.63, 3.8) is 0 Å². The first-order chi connectivity index (χ1) is 27.8. The molecule has 11 nitrogen and oxygen atoms in total. The van der Waals surface area contributed by atoms with Gasteiger partial charge in [0.2, 0.25) is 11.8 Å². The zero-order chi connectivity index (χ0) is 38.8. The number of phenols is 1. The van der Waals surface area contributed by atoms with Gasteiger partial charge in [0.15, 0.2) is 0 Å². The molecule has 12 heteroatoms. The van der Waals surface area contributed by atoms with Crippen LogP contribution in [0.4, 0.5) is 15.8 Å². The van der Waals surface area contributed by atoms with E-state index in [4.69, 9.17) is 9.47 Å². The maximum absolute atomic E-state index is 16.1. The number of carbonyl (C=O) groups is 3. The molecule has 6 aliphatic rings. The van der Waals surface area contributed by atoms with Gasteiger partial charge in [-0.25, -0.2) is 4.39 Å². The van der Waals surface area contributed by atoms with Gasteiger partial charge in [0.1, 0.15) is 35.7 Å². The molecule has 0 aromatic heterocycles. The number of nitrogens with one attached hydrogen (secondary N) is 1. The fraction of sp³-hybridized carbons (Fsp3) is 0.400. The van der Waals surface area contributed by atoms with E-state index in [1.54, 1.807) is 23.1 Å². The smallest absolute Gasteiger partial charge is 0.255 e. The Kier molecular flexibility index (Phi) is 9.03. The average Bonchev–Trinajstić information content (AvgIpc) is 3.56. The van der Waals surface area contributed by atoms with E-state index in [1.165, 1.54) is 0 Å². The van der Waals surface area contributed by atoms with E-state index in [9.17, 15) is 19.5 Å². The molecule has 10 rings (SSSR count).